The lowest BCUT2D eigenvalue weighted by Gasteiger charge is -2.36. The van der Waals surface area contributed by atoms with Crippen molar-refractivity contribution in [3.8, 4) is 0 Å². The highest BCUT2D eigenvalue weighted by Crippen LogP contribution is 2.36. The summed E-state index contributed by atoms with van der Waals surface area (Å²) in [5, 5.41) is 3.15. The van der Waals surface area contributed by atoms with Gasteiger partial charge in [-0.3, -0.25) is 4.79 Å². The van der Waals surface area contributed by atoms with Gasteiger partial charge in [0.2, 0.25) is 5.91 Å². The second kappa shape index (κ2) is 8.31. The lowest BCUT2D eigenvalue weighted by molar-refractivity contribution is -0.130. The molecule has 4 rings (SSSR count). The summed E-state index contributed by atoms with van der Waals surface area (Å²) in [4.78, 5) is 15.7. The maximum atomic E-state index is 13.9. The number of hydrogen-bond acceptors (Lipinski definition) is 3. The van der Waals surface area contributed by atoms with Gasteiger partial charge in [0.05, 0.1) is 5.41 Å². The van der Waals surface area contributed by atoms with E-state index >= 15 is 0 Å². The van der Waals surface area contributed by atoms with Gasteiger partial charge in [0, 0.05) is 38.5 Å². The van der Waals surface area contributed by atoms with Crippen LogP contribution in [-0.4, -0.2) is 32.2 Å². The third-order valence-corrected chi connectivity index (χ3v) is 6.04. The summed E-state index contributed by atoms with van der Waals surface area (Å²) in [5.74, 6) is -0.354. The maximum absolute atomic E-state index is 13.9. The number of halogens is 1. The van der Waals surface area contributed by atoms with Gasteiger partial charge >= 0.3 is 0 Å². The van der Waals surface area contributed by atoms with E-state index in [0.29, 0.717) is 32.6 Å². The van der Waals surface area contributed by atoms with Crippen molar-refractivity contribution in [2.75, 3.05) is 31.2 Å². The molecule has 2 saturated heterocycles. The Morgan fingerprint density at radius 2 is 1.82 bits per heavy atom. The van der Waals surface area contributed by atoms with Crippen LogP contribution in [0, 0.1) is 5.82 Å². The molecule has 2 aliphatic heterocycles. The van der Waals surface area contributed by atoms with E-state index in [1.165, 1.54) is 30.7 Å². The van der Waals surface area contributed by atoms with Crippen molar-refractivity contribution < 1.29 is 13.9 Å². The monoisotopic (exact) mass is 382 g/mol. The van der Waals surface area contributed by atoms with E-state index in [2.05, 4.69) is 22.3 Å². The summed E-state index contributed by atoms with van der Waals surface area (Å²) >= 11 is 0. The number of nitrogens with one attached hydrogen (secondary N) is 1. The highest BCUT2D eigenvalue weighted by molar-refractivity contribution is 5.88. The van der Waals surface area contributed by atoms with Crippen molar-refractivity contribution in [2.24, 2.45) is 0 Å². The second-order valence-electron chi connectivity index (χ2n) is 7.71. The minimum atomic E-state index is -0.733. The molecule has 0 saturated carbocycles. The lowest BCUT2D eigenvalue weighted by Crippen LogP contribution is -2.48. The Kier molecular flexibility index (Phi) is 5.62. The molecule has 1 N–H and O–H groups in total. The second-order valence-corrected chi connectivity index (χ2v) is 7.71. The van der Waals surface area contributed by atoms with Crippen molar-refractivity contribution in [3.63, 3.8) is 0 Å². The molecule has 2 fully saturated rings. The third kappa shape index (κ3) is 3.76. The summed E-state index contributed by atoms with van der Waals surface area (Å²) in [7, 11) is 0. The number of para-hydroxylation sites is 1. The molecule has 2 aliphatic rings. The molecule has 0 unspecified atom stereocenters. The first-order valence-electron chi connectivity index (χ1n) is 10.1. The first kappa shape index (κ1) is 18.9. The predicted octanol–water partition coefficient (Wildman–Crippen LogP) is 3.79. The Morgan fingerprint density at radius 3 is 2.57 bits per heavy atom. The van der Waals surface area contributed by atoms with E-state index in [1.54, 1.807) is 6.07 Å². The van der Waals surface area contributed by atoms with Crippen LogP contribution in [0.4, 0.5) is 10.1 Å². The molecule has 1 amide bonds. The fourth-order valence-electron chi connectivity index (χ4n) is 4.42. The minimum Gasteiger partial charge on any atom is -0.381 e. The van der Waals surface area contributed by atoms with Gasteiger partial charge in [-0.15, -0.1) is 0 Å². The average Bonchev–Trinajstić information content (AvgIpc) is 3.27. The van der Waals surface area contributed by atoms with Gasteiger partial charge < -0.3 is 15.0 Å². The molecule has 0 radical (unpaired) electrons. The molecule has 5 heteroatoms. The van der Waals surface area contributed by atoms with Crippen LogP contribution in [0.25, 0.3) is 0 Å². The molecular formula is C23H27FN2O2. The summed E-state index contributed by atoms with van der Waals surface area (Å²) in [6.07, 6.45) is 3.55. The Balaban J connectivity index is 1.55. The summed E-state index contributed by atoms with van der Waals surface area (Å²) in [6.45, 7) is 3.62. The number of anilines is 1. The molecule has 28 heavy (non-hydrogen) atoms. The molecule has 0 aromatic heterocycles. The number of carbonyl (C=O) groups is 1. The molecule has 0 bridgehead atoms. The van der Waals surface area contributed by atoms with Crippen molar-refractivity contribution in [1.82, 2.24) is 5.32 Å². The van der Waals surface area contributed by atoms with E-state index in [9.17, 15) is 9.18 Å². The Labute approximate surface area is 165 Å². The SMILES string of the molecule is O=C(NCc1ccccc1N1CCCC1)C1(c2cccc(F)c2)CCOCC1. The van der Waals surface area contributed by atoms with Gasteiger partial charge in [-0.1, -0.05) is 30.3 Å². The average molecular weight is 382 g/mol. The van der Waals surface area contributed by atoms with Crippen LogP contribution < -0.4 is 10.2 Å². The standard InChI is InChI=1S/C23H27FN2O2/c24-20-8-5-7-19(16-20)23(10-14-28-15-11-23)22(27)25-17-18-6-1-2-9-21(18)26-12-3-4-13-26/h1-2,5-9,16H,3-4,10-15,17H2,(H,25,27). The summed E-state index contributed by atoms with van der Waals surface area (Å²) in [5.41, 5.74) is 2.33. The number of ether oxygens (including phenoxy) is 1. The normalized spacial score (nSPS) is 18.8. The Bertz CT molecular complexity index is 827. The van der Waals surface area contributed by atoms with Gasteiger partial charge in [0.15, 0.2) is 0 Å². The van der Waals surface area contributed by atoms with Gasteiger partial charge in [-0.05, 0) is 55.0 Å². The summed E-state index contributed by atoms with van der Waals surface area (Å²) < 4.78 is 19.4. The first-order valence-corrected chi connectivity index (χ1v) is 10.1. The highest BCUT2D eigenvalue weighted by atomic mass is 19.1. The largest absolute Gasteiger partial charge is 0.381 e. The summed E-state index contributed by atoms with van der Waals surface area (Å²) in [6, 6.07) is 14.7. The molecule has 0 aliphatic carbocycles. The van der Waals surface area contributed by atoms with Gasteiger partial charge in [0.1, 0.15) is 5.82 Å². The number of nitrogens with zero attached hydrogens (tertiary/aromatic N) is 1. The Morgan fingerprint density at radius 1 is 1.07 bits per heavy atom. The van der Waals surface area contributed by atoms with Crippen LogP contribution in [-0.2, 0) is 21.5 Å². The van der Waals surface area contributed by atoms with Crippen LogP contribution in [0.3, 0.4) is 0 Å². The van der Waals surface area contributed by atoms with Gasteiger partial charge in [-0.2, -0.15) is 0 Å². The van der Waals surface area contributed by atoms with Crippen LogP contribution in [0.15, 0.2) is 48.5 Å². The number of hydrogen-bond donors (Lipinski definition) is 1. The van der Waals surface area contributed by atoms with Crippen molar-refractivity contribution >= 4 is 11.6 Å². The third-order valence-electron chi connectivity index (χ3n) is 6.04. The molecule has 4 nitrogen and oxygen atoms in total. The number of rotatable bonds is 5. The van der Waals surface area contributed by atoms with E-state index in [4.69, 9.17) is 4.74 Å². The zero-order chi connectivity index (χ0) is 19.4. The fourth-order valence-corrected chi connectivity index (χ4v) is 4.42. The van der Waals surface area contributed by atoms with Crippen molar-refractivity contribution in [1.29, 1.82) is 0 Å². The van der Waals surface area contributed by atoms with Crippen molar-refractivity contribution in [2.45, 2.75) is 37.6 Å². The van der Waals surface area contributed by atoms with E-state index in [1.807, 2.05) is 18.2 Å². The number of amides is 1. The zero-order valence-corrected chi connectivity index (χ0v) is 16.1. The quantitative estimate of drug-likeness (QED) is 0.855. The highest BCUT2D eigenvalue weighted by Gasteiger charge is 2.41. The van der Waals surface area contributed by atoms with Crippen LogP contribution in [0.2, 0.25) is 0 Å². The van der Waals surface area contributed by atoms with Crippen molar-refractivity contribution in [3.05, 3.63) is 65.5 Å². The smallest absolute Gasteiger partial charge is 0.231 e. The van der Waals surface area contributed by atoms with E-state index in [0.717, 1.165) is 24.2 Å². The molecule has 148 valence electrons. The van der Waals surface area contributed by atoms with Crippen LogP contribution >= 0.6 is 0 Å². The molecular weight excluding hydrogens is 355 g/mol. The number of carbonyl (C=O) groups excluding carboxylic acids is 1. The predicted molar refractivity (Wildman–Crippen MR) is 108 cm³/mol. The Hall–Kier alpha value is -2.40. The van der Waals surface area contributed by atoms with E-state index in [-0.39, 0.29) is 11.7 Å². The molecule has 2 heterocycles. The minimum absolute atomic E-state index is 0.0439. The van der Waals surface area contributed by atoms with Crippen LogP contribution in [0.1, 0.15) is 36.8 Å². The van der Waals surface area contributed by atoms with Gasteiger partial charge in [0.25, 0.3) is 0 Å². The number of benzene rings is 2. The van der Waals surface area contributed by atoms with Gasteiger partial charge in [-0.25, -0.2) is 4.39 Å². The topological polar surface area (TPSA) is 41.6 Å². The molecule has 0 atom stereocenters. The van der Waals surface area contributed by atoms with Crippen LogP contribution in [0.5, 0.6) is 0 Å². The molecule has 0 spiro atoms. The zero-order valence-electron chi connectivity index (χ0n) is 16.1. The maximum Gasteiger partial charge on any atom is 0.231 e. The fraction of sp³-hybridized carbons (Fsp3) is 0.435. The molecule has 2 aromatic rings. The van der Waals surface area contributed by atoms with E-state index < -0.39 is 5.41 Å². The lowest BCUT2D eigenvalue weighted by atomic mass is 9.73. The first-order chi connectivity index (χ1) is 13.7. The molecule has 2 aromatic carbocycles.